The molecule has 160 valence electrons. The van der Waals surface area contributed by atoms with Gasteiger partial charge in [-0.2, -0.15) is 0 Å². The van der Waals surface area contributed by atoms with Crippen LogP contribution >= 0.6 is 11.8 Å². The van der Waals surface area contributed by atoms with Crippen molar-refractivity contribution in [3.63, 3.8) is 0 Å². The number of benzene rings is 2. The van der Waals surface area contributed by atoms with Gasteiger partial charge in [-0.15, -0.1) is 16.8 Å². The second-order valence-corrected chi connectivity index (χ2v) is 8.35. The van der Waals surface area contributed by atoms with E-state index in [0.29, 0.717) is 17.5 Å². The van der Waals surface area contributed by atoms with Gasteiger partial charge in [0.1, 0.15) is 5.75 Å². The smallest absolute Gasteiger partial charge is 0.230 e. The zero-order valence-corrected chi connectivity index (χ0v) is 18.4. The van der Waals surface area contributed by atoms with Crippen LogP contribution in [0.25, 0.3) is 11.4 Å². The Morgan fingerprint density at radius 3 is 2.90 bits per heavy atom. The standard InChI is InChI=1S/C24H26N4O2S/c1-3-15-28-23(19-12-6-7-14-21(19)30-2)26-27-24(28)31-16-22(29)25-20-13-8-10-17-9-4-5-11-18(17)20/h3-7,9,11-12,14,20H,1,8,10,13,15-16H2,2H3,(H,25,29). The average molecular weight is 435 g/mol. The van der Waals surface area contributed by atoms with E-state index < -0.39 is 0 Å². The average Bonchev–Trinajstić information content (AvgIpc) is 3.20. The molecule has 31 heavy (non-hydrogen) atoms. The molecular formula is C24H26N4O2S. The summed E-state index contributed by atoms with van der Waals surface area (Å²) in [4.78, 5) is 12.7. The van der Waals surface area contributed by atoms with Crippen molar-refractivity contribution >= 4 is 17.7 Å². The van der Waals surface area contributed by atoms with Crippen LogP contribution in [-0.2, 0) is 17.8 Å². The van der Waals surface area contributed by atoms with Gasteiger partial charge in [0.25, 0.3) is 0 Å². The molecule has 0 saturated heterocycles. The number of aromatic nitrogens is 3. The van der Waals surface area contributed by atoms with Crippen LogP contribution in [0.15, 0.2) is 66.3 Å². The van der Waals surface area contributed by atoms with Gasteiger partial charge >= 0.3 is 0 Å². The number of carbonyl (C=O) groups excluding carboxylic acids is 1. The minimum absolute atomic E-state index is 0.00121. The number of para-hydroxylation sites is 1. The minimum Gasteiger partial charge on any atom is -0.496 e. The summed E-state index contributed by atoms with van der Waals surface area (Å²) in [6.07, 6.45) is 4.93. The maximum Gasteiger partial charge on any atom is 0.230 e. The molecule has 0 aliphatic heterocycles. The van der Waals surface area contributed by atoms with Crippen molar-refractivity contribution < 1.29 is 9.53 Å². The number of allylic oxidation sites excluding steroid dienone is 1. The predicted molar refractivity (Wildman–Crippen MR) is 123 cm³/mol. The lowest BCUT2D eigenvalue weighted by atomic mass is 9.88. The van der Waals surface area contributed by atoms with Crippen molar-refractivity contribution in [2.45, 2.75) is 37.0 Å². The Labute approximate surface area is 186 Å². The Balaban J connectivity index is 1.47. The number of methoxy groups -OCH3 is 1. The van der Waals surface area contributed by atoms with E-state index in [0.717, 1.165) is 30.6 Å². The molecule has 1 amide bonds. The number of ether oxygens (including phenoxy) is 1. The molecule has 1 aromatic heterocycles. The molecule has 0 saturated carbocycles. The first-order chi connectivity index (χ1) is 15.2. The van der Waals surface area contributed by atoms with Gasteiger partial charge in [-0.3, -0.25) is 9.36 Å². The van der Waals surface area contributed by atoms with Crippen LogP contribution < -0.4 is 10.1 Å². The minimum atomic E-state index is -0.00121. The maximum absolute atomic E-state index is 12.7. The third-order valence-corrected chi connectivity index (χ3v) is 6.38. The number of nitrogens with zero attached hydrogens (tertiary/aromatic N) is 3. The second-order valence-electron chi connectivity index (χ2n) is 7.41. The number of rotatable bonds is 8. The van der Waals surface area contributed by atoms with Gasteiger partial charge in [-0.05, 0) is 42.5 Å². The van der Waals surface area contributed by atoms with Gasteiger partial charge < -0.3 is 10.1 Å². The summed E-state index contributed by atoms with van der Waals surface area (Å²) in [5, 5.41) is 12.6. The molecule has 4 rings (SSSR count). The SMILES string of the molecule is C=CCn1c(SCC(=O)NC2CCCc3ccccc32)nnc1-c1ccccc1OC. The molecule has 1 heterocycles. The van der Waals surface area contributed by atoms with E-state index in [1.165, 1.54) is 22.9 Å². The monoisotopic (exact) mass is 434 g/mol. The molecule has 3 aromatic rings. The Morgan fingerprint density at radius 1 is 1.26 bits per heavy atom. The third kappa shape index (κ3) is 4.66. The molecular weight excluding hydrogens is 408 g/mol. The Hall–Kier alpha value is -3.06. The summed E-state index contributed by atoms with van der Waals surface area (Å²) < 4.78 is 7.43. The Bertz CT molecular complexity index is 1080. The summed E-state index contributed by atoms with van der Waals surface area (Å²) in [7, 11) is 1.64. The van der Waals surface area contributed by atoms with Gasteiger partial charge in [-0.1, -0.05) is 54.2 Å². The molecule has 1 aliphatic rings. The molecule has 1 N–H and O–H groups in total. The Kier molecular flexibility index (Phi) is 6.72. The largest absolute Gasteiger partial charge is 0.496 e. The second kappa shape index (κ2) is 9.83. The van der Waals surface area contributed by atoms with E-state index in [1.807, 2.05) is 34.9 Å². The van der Waals surface area contributed by atoms with E-state index in [2.05, 4.69) is 40.3 Å². The van der Waals surface area contributed by atoms with Crippen LogP contribution in [0.2, 0.25) is 0 Å². The molecule has 1 unspecified atom stereocenters. The third-order valence-electron chi connectivity index (χ3n) is 5.41. The molecule has 6 nitrogen and oxygen atoms in total. The first-order valence-electron chi connectivity index (χ1n) is 10.4. The Morgan fingerprint density at radius 2 is 2.06 bits per heavy atom. The molecule has 2 aromatic carbocycles. The number of hydrogen-bond donors (Lipinski definition) is 1. The fourth-order valence-electron chi connectivity index (χ4n) is 3.99. The number of thioether (sulfide) groups is 1. The molecule has 1 aliphatic carbocycles. The van der Waals surface area contributed by atoms with Gasteiger partial charge in [0.05, 0.1) is 24.5 Å². The number of aryl methyl sites for hydroxylation is 1. The van der Waals surface area contributed by atoms with Crippen LogP contribution in [0, 0.1) is 0 Å². The van der Waals surface area contributed by atoms with E-state index in [1.54, 1.807) is 13.2 Å². The molecule has 0 fully saturated rings. The quantitative estimate of drug-likeness (QED) is 0.420. The number of hydrogen-bond acceptors (Lipinski definition) is 5. The summed E-state index contributed by atoms with van der Waals surface area (Å²) in [5.41, 5.74) is 3.42. The van der Waals surface area contributed by atoms with Crippen LogP contribution in [0.1, 0.15) is 30.0 Å². The van der Waals surface area contributed by atoms with Crippen molar-refractivity contribution in [3.05, 3.63) is 72.3 Å². The van der Waals surface area contributed by atoms with Crippen LogP contribution in [-0.4, -0.2) is 33.5 Å². The van der Waals surface area contributed by atoms with Crippen molar-refractivity contribution in [2.24, 2.45) is 0 Å². The fourth-order valence-corrected chi connectivity index (χ4v) is 4.75. The molecule has 0 spiro atoms. The maximum atomic E-state index is 12.7. The molecule has 0 radical (unpaired) electrons. The van der Waals surface area contributed by atoms with Gasteiger partial charge in [-0.25, -0.2) is 0 Å². The van der Waals surface area contributed by atoms with Crippen molar-refractivity contribution in [2.75, 3.05) is 12.9 Å². The molecule has 1 atom stereocenters. The topological polar surface area (TPSA) is 69.0 Å². The predicted octanol–water partition coefficient (Wildman–Crippen LogP) is 4.43. The summed E-state index contributed by atoms with van der Waals surface area (Å²) in [6, 6.07) is 16.1. The highest BCUT2D eigenvalue weighted by molar-refractivity contribution is 7.99. The van der Waals surface area contributed by atoms with E-state index in [4.69, 9.17) is 4.74 Å². The zero-order valence-electron chi connectivity index (χ0n) is 17.6. The van der Waals surface area contributed by atoms with Gasteiger partial charge in [0.2, 0.25) is 5.91 Å². The highest BCUT2D eigenvalue weighted by atomic mass is 32.2. The lowest BCUT2D eigenvalue weighted by Crippen LogP contribution is -2.32. The number of amides is 1. The van der Waals surface area contributed by atoms with Crippen molar-refractivity contribution in [1.29, 1.82) is 0 Å². The van der Waals surface area contributed by atoms with Crippen LogP contribution in [0.5, 0.6) is 5.75 Å². The number of carbonyl (C=O) groups is 1. The first-order valence-corrected chi connectivity index (χ1v) is 11.4. The molecule has 0 bridgehead atoms. The highest BCUT2D eigenvalue weighted by Crippen LogP contribution is 2.32. The zero-order chi connectivity index (χ0) is 21.6. The van der Waals surface area contributed by atoms with E-state index >= 15 is 0 Å². The van der Waals surface area contributed by atoms with Crippen LogP contribution in [0.4, 0.5) is 0 Å². The summed E-state index contributed by atoms with van der Waals surface area (Å²) in [5.74, 6) is 1.70. The first kappa shape index (κ1) is 21.2. The van der Waals surface area contributed by atoms with Gasteiger partial charge in [0, 0.05) is 6.54 Å². The lowest BCUT2D eigenvalue weighted by molar-refractivity contribution is -0.119. The number of fused-ring (bicyclic) bond motifs is 1. The van der Waals surface area contributed by atoms with E-state index in [-0.39, 0.29) is 17.7 Å². The number of nitrogens with one attached hydrogen (secondary N) is 1. The van der Waals surface area contributed by atoms with E-state index in [9.17, 15) is 4.79 Å². The van der Waals surface area contributed by atoms with Gasteiger partial charge in [0.15, 0.2) is 11.0 Å². The summed E-state index contributed by atoms with van der Waals surface area (Å²) >= 11 is 1.38. The highest BCUT2D eigenvalue weighted by Gasteiger charge is 2.22. The molecule has 7 heteroatoms. The normalized spacial score (nSPS) is 15.2. The van der Waals surface area contributed by atoms with Crippen LogP contribution in [0.3, 0.4) is 0 Å². The lowest BCUT2D eigenvalue weighted by Gasteiger charge is -2.26. The fraction of sp³-hybridized carbons (Fsp3) is 0.292. The van der Waals surface area contributed by atoms with Crippen molar-refractivity contribution in [1.82, 2.24) is 20.1 Å². The summed E-state index contributed by atoms with van der Waals surface area (Å²) in [6.45, 7) is 4.39. The van der Waals surface area contributed by atoms with Crippen molar-refractivity contribution in [3.8, 4) is 17.1 Å².